The van der Waals surface area contributed by atoms with E-state index in [2.05, 4.69) is 35.5 Å². The molecule has 3 nitrogen and oxygen atoms in total. The Morgan fingerprint density at radius 1 is 1.19 bits per heavy atom. The average molecular weight is 284 g/mol. The van der Waals surface area contributed by atoms with Crippen LogP contribution in [-0.2, 0) is 0 Å². The minimum atomic E-state index is 0.141. The SMILES string of the molecule is CN1C[C@H]2CNC(=O)c3cc(C4CCCC4)ccc3[C@@H]2C1. The van der Waals surface area contributed by atoms with Gasteiger partial charge in [-0.25, -0.2) is 0 Å². The fraction of sp³-hybridized carbons (Fsp3) is 0.611. The lowest BCUT2D eigenvalue weighted by Crippen LogP contribution is -2.29. The van der Waals surface area contributed by atoms with Crippen LogP contribution in [0.15, 0.2) is 18.2 Å². The predicted octanol–water partition coefficient (Wildman–Crippen LogP) is 2.73. The fourth-order valence-electron chi connectivity index (χ4n) is 4.57. The van der Waals surface area contributed by atoms with Crippen LogP contribution in [0.5, 0.6) is 0 Å². The second-order valence-corrected chi connectivity index (χ2v) is 7.13. The van der Waals surface area contributed by atoms with Gasteiger partial charge in [0, 0.05) is 31.1 Å². The molecule has 21 heavy (non-hydrogen) atoms. The minimum Gasteiger partial charge on any atom is -0.352 e. The summed E-state index contributed by atoms with van der Waals surface area (Å²) in [6, 6.07) is 6.74. The number of benzene rings is 1. The molecule has 3 heteroatoms. The zero-order chi connectivity index (χ0) is 14.4. The van der Waals surface area contributed by atoms with Gasteiger partial charge in [-0.05, 0) is 48.9 Å². The van der Waals surface area contributed by atoms with Gasteiger partial charge in [-0.15, -0.1) is 0 Å². The van der Waals surface area contributed by atoms with Crippen LogP contribution in [0.25, 0.3) is 0 Å². The van der Waals surface area contributed by atoms with Crippen LogP contribution in [0.3, 0.4) is 0 Å². The molecule has 112 valence electrons. The van der Waals surface area contributed by atoms with Crippen molar-refractivity contribution in [3.63, 3.8) is 0 Å². The summed E-state index contributed by atoms with van der Waals surface area (Å²) in [6.45, 7) is 2.99. The van der Waals surface area contributed by atoms with Crippen molar-refractivity contribution in [2.24, 2.45) is 5.92 Å². The highest BCUT2D eigenvalue weighted by atomic mass is 16.1. The number of carbonyl (C=O) groups is 1. The topological polar surface area (TPSA) is 32.3 Å². The second-order valence-electron chi connectivity index (χ2n) is 7.13. The Kier molecular flexibility index (Phi) is 3.26. The lowest BCUT2D eigenvalue weighted by molar-refractivity contribution is 0.0951. The zero-order valence-corrected chi connectivity index (χ0v) is 12.8. The average Bonchev–Trinajstić information content (AvgIpc) is 3.11. The third kappa shape index (κ3) is 2.28. The first kappa shape index (κ1) is 13.3. The summed E-state index contributed by atoms with van der Waals surface area (Å²) in [5, 5.41) is 3.14. The summed E-state index contributed by atoms with van der Waals surface area (Å²) in [5.74, 6) is 1.90. The molecular formula is C18H24N2O. The highest BCUT2D eigenvalue weighted by Crippen LogP contribution is 2.39. The van der Waals surface area contributed by atoms with Crippen molar-refractivity contribution in [2.45, 2.75) is 37.5 Å². The Morgan fingerprint density at radius 2 is 2.00 bits per heavy atom. The highest BCUT2D eigenvalue weighted by Gasteiger charge is 2.37. The van der Waals surface area contributed by atoms with Crippen molar-refractivity contribution >= 4 is 5.91 Å². The van der Waals surface area contributed by atoms with Gasteiger partial charge in [0.15, 0.2) is 0 Å². The molecule has 1 saturated heterocycles. The van der Waals surface area contributed by atoms with E-state index in [0.29, 0.717) is 17.8 Å². The summed E-state index contributed by atoms with van der Waals surface area (Å²) >= 11 is 0. The molecule has 0 spiro atoms. The summed E-state index contributed by atoms with van der Waals surface area (Å²) in [5.41, 5.74) is 3.61. The number of amides is 1. The monoisotopic (exact) mass is 284 g/mol. The quantitative estimate of drug-likeness (QED) is 0.860. The van der Waals surface area contributed by atoms with Gasteiger partial charge in [0.25, 0.3) is 5.91 Å². The van der Waals surface area contributed by atoms with Crippen LogP contribution >= 0.6 is 0 Å². The molecule has 0 radical (unpaired) electrons. The Balaban J connectivity index is 1.73. The molecule has 4 rings (SSSR count). The first-order valence-corrected chi connectivity index (χ1v) is 8.33. The summed E-state index contributed by atoms with van der Waals surface area (Å²) in [6.07, 6.45) is 5.25. The van der Waals surface area contributed by atoms with Crippen molar-refractivity contribution in [3.8, 4) is 0 Å². The van der Waals surface area contributed by atoms with E-state index in [-0.39, 0.29) is 5.91 Å². The molecule has 1 aliphatic carbocycles. The lowest BCUT2D eigenvalue weighted by atomic mass is 9.85. The molecule has 1 N–H and O–H groups in total. The van der Waals surface area contributed by atoms with E-state index in [1.54, 1.807) is 0 Å². The second kappa shape index (κ2) is 5.13. The maximum Gasteiger partial charge on any atom is 0.251 e. The van der Waals surface area contributed by atoms with Crippen LogP contribution in [0.4, 0.5) is 0 Å². The van der Waals surface area contributed by atoms with Gasteiger partial charge in [0.05, 0.1) is 0 Å². The molecule has 2 fully saturated rings. The van der Waals surface area contributed by atoms with Crippen molar-refractivity contribution in [1.82, 2.24) is 10.2 Å². The van der Waals surface area contributed by atoms with E-state index >= 15 is 0 Å². The van der Waals surface area contributed by atoms with Gasteiger partial charge in [0.1, 0.15) is 0 Å². The van der Waals surface area contributed by atoms with Crippen LogP contribution in [0.2, 0.25) is 0 Å². The third-order valence-corrected chi connectivity index (χ3v) is 5.70. The number of rotatable bonds is 1. The molecule has 2 aliphatic heterocycles. The van der Waals surface area contributed by atoms with E-state index in [1.165, 1.54) is 36.8 Å². The number of carbonyl (C=O) groups excluding carboxylic acids is 1. The smallest absolute Gasteiger partial charge is 0.251 e. The molecule has 2 atom stereocenters. The zero-order valence-electron chi connectivity index (χ0n) is 12.8. The molecule has 2 heterocycles. The molecular weight excluding hydrogens is 260 g/mol. The number of fused-ring (bicyclic) bond motifs is 3. The Hall–Kier alpha value is -1.35. The maximum absolute atomic E-state index is 12.5. The predicted molar refractivity (Wildman–Crippen MR) is 83.7 cm³/mol. The maximum atomic E-state index is 12.5. The van der Waals surface area contributed by atoms with Crippen LogP contribution in [0.1, 0.15) is 59.0 Å². The molecule has 0 unspecified atom stereocenters. The number of nitrogens with one attached hydrogen (secondary N) is 1. The minimum absolute atomic E-state index is 0.141. The van der Waals surface area contributed by atoms with Crippen LogP contribution in [0, 0.1) is 5.92 Å². The Labute approximate surface area is 126 Å². The lowest BCUT2D eigenvalue weighted by Gasteiger charge is -2.18. The van der Waals surface area contributed by atoms with E-state index < -0.39 is 0 Å². The summed E-state index contributed by atoms with van der Waals surface area (Å²) in [7, 11) is 2.18. The number of likely N-dealkylation sites (N-methyl/N-ethyl adjacent to an activating group) is 1. The summed E-state index contributed by atoms with van der Waals surface area (Å²) in [4.78, 5) is 14.9. The first-order valence-electron chi connectivity index (χ1n) is 8.33. The molecule has 1 aromatic rings. The fourth-order valence-corrected chi connectivity index (χ4v) is 4.57. The van der Waals surface area contributed by atoms with Crippen molar-refractivity contribution in [1.29, 1.82) is 0 Å². The molecule has 1 amide bonds. The molecule has 0 bridgehead atoms. The third-order valence-electron chi connectivity index (χ3n) is 5.70. The van der Waals surface area contributed by atoms with E-state index in [9.17, 15) is 4.79 Å². The van der Waals surface area contributed by atoms with Crippen molar-refractivity contribution < 1.29 is 4.79 Å². The standard InChI is InChI=1S/C18H24N2O/c1-20-10-14-9-19-18(21)16-8-13(12-4-2-3-5-12)6-7-15(16)17(14)11-20/h6-8,12,14,17H,2-5,9-11H2,1H3,(H,19,21)/t14-,17-/m1/s1. The largest absolute Gasteiger partial charge is 0.352 e. The number of nitrogens with zero attached hydrogens (tertiary/aromatic N) is 1. The number of hydrogen-bond donors (Lipinski definition) is 1. The number of hydrogen-bond acceptors (Lipinski definition) is 2. The molecule has 0 aromatic heterocycles. The van der Waals surface area contributed by atoms with E-state index in [0.717, 1.165) is 25.2 Å². The van der Waals surface area contributed by atoms with Gasteiger partial charge < -0.3 is 10.2 Å². The first-order chi connectivity index (χ1) is 10.2. The summed E-state index contributed by atoms with van der Waals surface area (Å²) < 4.78 is 0. The normalized spacial score (nSPS) is 29.9. The van der Waals surface area contributed by atoms with E-state index in [4.69, 9.17) is 0 Å². The van der Waals surface area contributed by atoms with Crippen LogP contribution < -0.4 is 5.32 Å². The van der Waals surface area contributed by atoms with Gasteiger partial charge in [-0.3, -0.25) is 4.79 Å². The molecule has 3 aliphatic rings. The van der Waals surface area contributed by atoms with E-state index in [1.807, 2.05) is 0 Å². The molecule has 1 aromatic carbocycles. The Morgan fingerprint density at radius 3 is 2.81 bits per heavy atom. The van der Waals surface area contributed by atoms with Crippen LogP contribution in [-0.4, -0.2) is 37.5 Å². The molecule has 1 saturated carbocycles. The van der Waals surface area contributed by atoms with Crippen molar-refractivity contribution in [2.75, 3.05) is 26.7 Å². The van der Waals surface area contributed by atoms with Crippen molar-refractivity contribution in [3.05, 3.63) is 34.9 Å². The highest BCUT2D eigenvalue weighted by molar-refractivity contribution is 5.96. The number of likely N-dealkylation sites (tertiary alicyclic amines) is 1. The van der Waals surface area contributed by atoms with Gasteiger partial charge in [-0.2, -0.15) is 0 Å². The van der Waals surface area contributed by atoms with Gasteiger partial charge in [0.2, 0.25) is 0 Å². The van der Waals surface area contributed by atoms with Gasteiger partial charge >= 0.3 is 0 Å². The van der Waals surface area contributed by atoms with Gasteiger partial charge in [-0.1, -0.05) is 25.0 Å². The Bertz CT molecular complexity index is 562.